The fraction of sp³-hybridized carbons (Fsp3) is 0.353. The number of hydrogen-bond acceptors (Lipinski definition) is 2. The monoisotopic (exact) mass is 268 g/mol. The lowest BCUT2D eigenvalue weighted by Gasteiger charge is -2.12. The SMILES string of the molecule is Cc1cc(C#N)ccc1Cn1ccc(C(O)C(C)C)c1. The quantitative estimate of drug-likeness (QED) is 0.923. The summed E-state index contributed by atoms with van der Waals surface area (Å²) in [6, 6.07) is 9.85. The molecule has 0 spiro atoms. The van der Waals surface area contributed by atoms with Gasteiger partial charge >= 0.3 is 0 Å². The van der Waals surface area contributed by atoms with Gasteiger partial charge in [-0.15, -0.1) is 0 Å². The minimum Gasteiger partial charge on any atom is -0.388 e. The van der Waals surface area contributed by atoms with Crippen LogP contribution in [0.4, 0.5) is 0 Å². The van der Waals surface area contributed by atoms with Crippen LogP contribution in [0.2, 0.25) is 0 Å². The van der Waals surface area contributed by atoms with Crippen LogP contribution in [0.15, 0.2) is 36.7 Å². The number of aromatic nitrogens is 1. The van der Waals surface area contributed by atoms with Crippen LogP contribution in [-0.4, -0.2) is 9.67 Å². The third-order valence-electron chi connectivity index (χ3n) is 3.57. The van der Waals surface area contributed by atoms with Gasteiger partial charge in [0.25, 0.3) is 0 Å². The third kappa shape index (κ3) is 3.09. The van der Waals surface area contributed by atoms with Crippen molar-refractivity contribution in [2.45, 2.75) is 33.4 Å². The van der Waals surface area contributed by atoms with Crippen molar-refractivity contribution in [3.63, 3.8) is 0 Å². The van der Waals surface area contributed by atoms with E-state index >= 15 is 0 Å². The largest absolute Gasteiger partial charge is 0.388 e. The zero-order valence-corrected chi connectivity index (χ0v) is 12.2. The van der Waals surface area contributed by atoms with E-state index in [0.29, 0.717) is 5.56 Å². The Labute approximate surface area is 120 Å². The highest BCUT2D eigenvalue weighted by Crippen LogP contribution is 2.22. The zero-order valence-electron chi connectivity index (χ0n) is 12.2. The first-order valence-corrected chi connectivity index (χ1v) is 6.84. The van der Waals surface area contributed by atoms with Crippen molar-refractivity contribution in [2.24, 2.45) is 5.92 Å². The molecule has 0 radical (unpaired) electrons. The summed E-state index contributed by atoms with van der Waals surface area (Å²) in [7, 11) is 0. The molecule has 0 fully saturated rings. The number of nitrogens with zero attached hydrogens (tertiary/aromatic N) is 2. The molecule has 3 nitrogen and oxygen atoms in total. The van der Waals surface area contributed by atoms with Gasteiger partial charge in [-0.3, -0.25) is 0 Å². The van der Waals surface area contributed by atoms with E-state index in [1.165, 1.54) is 5.56 Å². The second kappa shape index (κ2) is 5.94. The standard InChI is InChI=1S/C17H20N2O/c1-12(2)17(20)16-6-7-19(11-16)10-15-5-4-14(9-18)8-13(15)3/h4-8,11-12,17,20H,10H2,1-3H3. The molecule has 0 aliphatic heterocycles. The summed E-state index contributed by atoms with van der Waals surface area (Å²) < 4.78 is 2.06. The molecule has 0 aliphatic rings. The van der Waals surface area contributed by atoms with Crippen molar-refractivity contribution >= 4 is 0 Å². The van der Waals surface area contributed by atoms with E-state index in [1.54, 1.807) is 0 Å². The van der Waals surface area contributed by atoms with Crippen LogP contribution >= 0.6 is 0 Å². The Morgan fingerprint density at radius 1 is 1.30 bits per heavy atom. The van der Waals surface area contributed by atoms with Crippen molar-refractivity contribution in [1.29, 1.82) is 5.26 Å². The summed E-state index contributed by atoms with van der Waals surface area (Å²) >= 11 is 0. The molecule has 0 saturated carbocycles. The smallest absolute Gasteiger partial charge is 0.0991 e. The molecular formula is C17H20N2O. The lowest BCUT2D eigenvalue weighted by atomic mass is 10.0. The third-order valence-corrected chi connectivity index (χ3v) is 3.57. The Balaban J connectivity index is 2.17. The molecule has 1 heterocycles. The van der Waals surface area contributed by atoms with Crippen LogP contribution in [0.1, 0.15) is 42.2 Å². The Morgan fingerprint density at radius 3 is 2.65 bits per heavy atom. The first kappa shape index (κ1) is 14.4. The van der Waals surface area contributed by atoms with Gasteiger partial charge in [0.15, 0.2) is 0 Å². The molecule has 1 unspecified atom stereocenters. The summed E-state index contributed by atoms with van der Waals surface area (Å²) in [6.07, 6.45) is 3.55. The molecule has 2 aromatic rings. The summed E-state index contributed by atoms with van der Waals surface area (Å²) in [4.78, 5) is 0. The molecule has 2 rings (SSSR count). The van der Waals surface area contributed by atoms with Crippen LogP contribution in [0.5, 0.6) is 0 Å². The number of aliphatic hydroxyl groups is 1. The number of nitriles is 1. The molecule has 0 aliphatic carbocycles. The van der Waals surface area contributed by atoms with E-state index in [1.807, 2.05) is 57.4 Å². The Morgan fingerprint density at radius 2 is 2.05 bits per heavy atom. The lowest BCUT2D eigenvalue weighted by molar-refractivity contribution is 0.127. The van der Waals surface area contributed by atoms with E-state index in [2.05, 4.69) is 10.6 Å². The van der Waals surface area contributed by atoms with Crippen molar-refractivity contribution in [3.8, 4) is 6.07 Å². The number of aliphatic hydroxyl groups excluding tert-OH is 1. The van der Waals surface area contributed by atoms with Gasteiger partial charge < -0.3 is 9.67 Å². The van der Waals surface area contributed by atoms with Crippen LogP contribution in [-0.2, 0) is 6.54 Å². The maximum atomic E-state index is 10.1. The van der Waals surface area contributed by atoms with Crippen molar-refractivity contribution in [1.82, 2.24) is 4.57 Å². The molecule has 3 heteroatoms. The Bertz CT molecular complexity index is 635. The topological polar surface area (TPSA) is 49.0 Å². The van der Waals surface area contributed by atoms with Crippen LogP contribution < -0.4 is 0 Å². The number of aryl methyl sites for hydroxylation is 1. The summed E-state index contributed by atoms with van der Waals surface area (Å²) in [5.41, 5.74) is 3.94. The van der Waals surface area contributed by atoms with Crippen LogP contribution in [0, 0.1) is 24.2 Å². The number of rotatable bonds is 4. The van der Waals surface area contributed by atoms with Gasteiger partial charge in [-0.25, -0.2) is 0 Å². The van der Waals surface area contributed by atoms with Gasteiger partial charge in [-0.05, 0) is 47.7 Å². The summed E-state index contributed by atoms with van der Waals surface area (Å²) in [5.74, 6) is 0.211. The summed E-state index contributed by atoms with van der Waals surface area (Å²) in [6.45, 7) is 6.78. The van der Waals surface area contributed by atoms with Gasteiger partial charge in [0, 0.05) is 18.9 Å². The first-order valence-electron chi connectivity index (χ1n) is 6.84. The van der Waals surface area contributed by atoms with E-state index in [-0.39, 0.29) is 5.92 Å². The molecular weight excluding hydrogens is 248 g/mol. The fourth-order valence-corrected chi connectivity index (χ4v) is 2.26. The molecule has 1 aromatic heterocycles. The predicted octanol–water partition coefficient (Wildman–Crippen LogP) is 3.41. The number of hydrogen-bond donors (Lipinski definition) is 1. The van der Waals surface area contributed by atoms with Gasteiger partial charge in [-0.2, -0.15) is 5.26 Å². The van der Waals surface area contributed by atoms with Gasteiger partial charge in [-0.1, -0.05) is 19.9 Å². The van der Waals surface area contributed by atoms with E-state index < -0.39 is 6.10 Å². The highest BCUT2D eigenvalue weighted by atomic mass is 16.3. The lowest BCUT2D eigenvalue weighted by Crippen LogP contribution is -2.04. The van der Waals surface area contributed by atoms with Crippen molar-refractivity contribution in [3.05, 3.63) is 58.9 Å². The van der Waals surface area contributed by atoms with E-state index in [4.69, 9.17) is 5.26 Å². The van der Waals surface area contributed by atoms with Gasteiger partial charge in [0.05, 0.1) is 17.7 Å². The van der Waals surface area contributed by atoms with E-state index in [9.17, 15) is 5.11 Å². The maximum Gasteiger partial charge on any atom is 0.0991 e. The summed E-state index contributed by atoms with van der Waals surface area (Å²) in [5, 5.41) is 18.9. The Kier molecular flexibility index (Phi) is 4.26. The normalized spacial score (nSPS) is 12.4. The minimum absolute atomic E-state index is 0.211. The maximum absolute atomic E-state index is 10.1. The van der Waals surface area contributed by atoms with Crippen molar-refractivity contribution in [2.75, 3.05) is 0 Å². The number of benzene rings is 1. The van der Waals surface area contributed by atoms with Crippen molar-refractivity contribution < 1.29 is 5.11 Å². The second-order valence-corrected chi connectivity index (χ2v) is 5.56. The molecule has 104 valence electrons. The molecule has 0 bridgehead atoms. The molecule has 1 aromatic carbocycles. The molecule has 0 amide bonds. The minimum atomic E-state index is -0.418. The molecule has 1 atom stereocenters. The fourth-order valence-electron chi connectivity index (χ4n) is 2.26. The van der Waals surface area contributed by atoms with Crippen LogP contribution in [0.25, 0.3) is 0 Å². The average Bonchev–Trinajstić information content (AvgIpc) is 2.88. The van der Waals surface area contributed by atoms with Gasteiger partial charge in [0.1, 0.15) is 0 Å². The second-order valence-electron chi connectivity index (χ2n) is 5.56. The highest BCUT2D eigenvalue weighted by Gasteiger charge is 2.13. The van der Waals surface area contributed by atoms with Crippen LogP contribution in [0.3, 0.4) is 0 Å². The predicted molar refractivity (Wildman–Crippen MR) is 79.2 cm³/mol. The van der Waals surface area contributed by atoms with E-state index in [0.717, 1.165) is 17.7 Å². The Hall–Kier alpha value is -2.05. The average molecular weight is 268 g/mol. The molecule has 0 saturated heterocycles. The van der Waals surface area contributed by atoms with Gasteiger partial charge in [0.2, 0.25) is 0 Å². The first-order chi connectivity index (χ1) is 9.51. The zero-order chi connectivity index (χ0) is 14.7. The molecule has 20 heavy (non-hydrogen) atoms. The highest BCUT2D eigenvalue weighted by molar-refractivity contribution is 5.37. The molecule has 1 N–H and O–H groups in total.